The van der Waals surface area contributed by atoms with Gasteiger partial charge in [-0.1, -0.05) is 19.8 Å². The number of ether oxygens (including phenoxy) is 1. The highest BCUT2D eigenvalue weighted by Crippen LogP contribution is 1.99. The minimum absolute atomic E-state index is 0. The summed E-state index contributed by atoms with van der Waals surface area (Å²) >= 11 is 0. The van der Waals surface area contributed by atoms with Crippen molar-refractivity contribution in [1.29, 1.82) is 0 Å². The summed E-state index contributed by atoms with van der Waals surface area (Å²) in [6, 6.07) is 0. The molecular weight excluding hydrogens is 216 g/mol. The van der Waals surface area contributed by atoms with E-state index in [9.17, 15) is 4.79 Å². The van der Waals surface area contributed by atoms with Crippen molar-refractivity contribution in [2.75, 3.05) is 32.8 Å². The average molecular weight is 237 g/mol. The first-order valence-electron chi connectivity index (χ1n) is 5.47. The second-order valence-corrected chi connectivity index (χ2v) is 3.56. The molecule has 0 spiro atoms. The molecule has 1 aliphatic rings. The smallest absolute Gasteiger partial charge is 0.409 e. The third kappa shape index (κ3) is 5.85. The Morgan fingerprint density at radius 1 is 1.33 bits per heavy atom. The van der Waals surface area contributed by atoms with Gasteiger partial charge in [0.2, 0.25) is 0 Å². The zero-order chi connectivity index (χ0) is 10.2. The zero-order valence-electron chi connectivity index (χ0n) is 9.33. The molecule has 0 unspecified atom stereocenters. The van der Waals surface area contributed by atoms with Crippen molar-refractivity contribution in [3.8, 4) is 0 Å². The van der Waals surface area contributed by atoms with Crippen LogP contribution in [0.25, 0.3) is 0 Å². The van der Waals surface area contributed by atoms with Crippen LogP contribution in [0.2, 0.25) is 0 Å². The van der Waals surface area contributed by atoms with Gasteiger partial charge < -0.3 is 15.0 Å². The highest BCUT2D eigenvalue weighted by Gasteiger charge is 2.16. The van der Waals surface area contributed by atoms with Crippen LogP contribution >= 0.6 is 12.4 Å². The van der Waals surface area contributed by atoms with Gasteiger partial charge in [0.15, 0.2) is 0 Å². The Balaban J connectivity index is 0.00000196. The first-order valence-corrected chi connectivity index (χ1v) is 5.47. The number of nitrogens with zero attached hydrogens (tertiary/aromatic N) is 1. The second kappa shape index (κ2) is 8.80. The quantitative estimate of drug-likeness (QED) is 0.755. The van der Waals surface area contributed by atoms with Gasteiger partial charge in [-0.25, -0.2) is 4.79 Å². The Morgan fingerprint density at radius 3 is 2.60 bits per heavy atom. The molecule has 0 atom stereocenters. The molecule has 5 heteroatoms. The van der Waals surface area contributed by atoms with Crippen LogP contribution < -0.4 is 5.32 Å². The van der Waals surface area contributed by atoms with Gasteiger partial charge >= 0.3 is 6.09 Å². The number of nitrogens with one attached hydrogen (secondary N) is 1. The number of amides is 1. The van der Waals surface area contributed by atoms with E-state index >= 15 is 0 Å². The van der Waals surface area contributed by atoms with Gasteiger partial charge in [0.05, 0.1) is 6.61 Å². The lowest BCUT2D eigenvalue weighted by Crippen LogP contribution is -2.46. The number of hydrogen-bond donors (Lipinski definition) is 1. The molecule has 1 aliphatic heterocycles. The Labute approximate surface area is 97.8 Å². The number of piperazine rings is 1. The summed E-state index contributed by atoms with van der Waals surface area (Å²) < 4.78 is 5.14. The Morgan fingerprint density at radius 2 is 2.00 bits per heavy atom. The Bertz CT molecular complexity index is 173. The fraction of sp³-hybridized carbons (Fsp3) is 0.900. The summed E-state index contributed by atoms with van der Waals surface area (Å²) in [4.78, 5) is 13.2. The van der Waals surface area contributed by atoms with Crippen LogP contribution in [0.1, 0.15) is 26.2 Å². The largest absolute Gasteiger partial charge is 0.449 e. The summed E-state index contributed by atoms with van der Waals surface area (Å²) in [7, 11) is 0. The molecule has 0 saturated carbocycles. The molecule has 0 aromatic heterocycles. The summed E-state index contributed by atoms with van der Waals surface area (Å²) in [6.45, 7) is 6.00. The fourth-order valence-corrected chi connectivity index (χ4v) is 1.45. The van der Waals surface area contributed by atoms with Crippen molar-refractivity contribution in [1.82, 2.24) is 10.2 Å². The molecule has 0 bridgehead atoms. The predicted molar refractivity (Wildman–Crippen MR) is 62.6 cm³/mol. The highest BCUT2D eigenvalue weighted by atomic mass is 35.5. The summed E-state index contributed by atoms with van der Waals surface area (Å²) in [5.41, 5.74) is 0. The maximum absolute atomic E-state index is 11.4. The van der Waals surface area contributed by atoms with Crippen LogP contribution in [-0.2, 0) is 4.74 Å². The first-order chi connectivity index (χ1) is 6.84. The van der Waals surface area contributed by atoms with E-state index in [2.05, 4.69) is 12.2 Å². The van der Waals surface area contributed by atoms with Crippen LogP contribution in [0.3, 0.4) is 0 Å². The van der Waals surface area contributed by atoms with Gasteiger partial charge in [0.1, 0.15) is 0 Å². The molecule has 1 N–H and O–H groups in total. The lowest BCUT2D eigenvalue weighted by Gasteiger charge is -2.26. The van der Waals surface area contributed by atoms with Crippen molar-refractivity contribution < 1.29 is 9.53 Å². The number of halogens is 1. The Hall–Kier alpha value is -0.480. The van der Waals surface area contributed by atoms with Crippen molar-refractivity contribution in [3.63, 3.8) is 0 Å². The SMILES string of the molecule is CCCCCOC(=O)N1CCNCC1.Cl. The highest BCUT2D eigenvalue weighted by molar-refractivity contribution is 5.85. The third-order valence-corrected chi connectivity index (χ3v) is 2.35. The molecule has 4 nitrogen and oxygen atoms in total. The van der Waals surface area contributed by atoms with Crippen LogP contribution in [0, 0.1) is 0 Å². The standard InChI is InChI=1S/C10H20N2O2.ClH/c1-2-3-4-9-14-10(13)12-7-5-11-6-8-12;/h11H,2-9H2,1H3;1H. The summed E-state index contributed by atoms with van der Waals surface area (Å²) in [6.07, 6.45) is 3.12. The number of hydrogen-bond acceptors (Lipinski definition) is 3. The van der Waals surface area contributed by atoms with Gasteiger partial charge in [-0.3, -0.25) is 0 Å². The lowest BCUT2D eigenvalue weighted by molar-refractivity contribution is 0.0962. The molecule has 0 radical (unpaired) electrons. The molecule has 0 aromatic carbocycles. The van der Waals surface area contributed by atoms with E-state index in [1.165, 1.54) is 0 Å². The van der Waals surface area contributed by atoms with Gasteiger partial charge in [-0.2, -0.15) is 0 Å². The van der Waals surface area contributed by atoms with Crippen LogP contribution in [0.4, 0.5) is 4.79 Å². The molecule has 1 fully saturated rings. The zero-order valence-corrected chi connectivity index (χ0v) is 10.1. The summed E-state index contributed by atoms with van der Waals surface area (Å²) in [5.74, 6) is 0. The first kappa shape index (κ1) is 14.5. The molecule has 90 valence electrons. The molecule has 1 heterocycles. The van der Waals surface area contributed by atoms with E-state index in [1.807, 2.05) is 0 Å². The molecule has 0 aromatic rings. The van der Waals surface area contributed by atoms with E-state index in [0.29, 0.717) is 6.61 Å². The monoisotopic (exact) mass is 236 g/mol. The molecule has 1 rings (SSSR count). The molecule has 15 heavy (non-hydrogen) atoms. The molecule has 1 amide bonds. The van der Waals surface area contributed by atoms with Crippen LogP contribution in [-0.4, -0.2) is 43.8 Å². The Kier molecular flexibility index (Phi) is 8.52. The van der Waals surface area contributed by atoms with Crippen LogP contribution in [0.5, 0.6) is 0 Å². The van der Waals surface area contributed by atoms with Crippen molar-refractivity contribution in [2.45, 2.75) is 26.2 Å². The van der Waals surface area contributed by atoms with Crippen molar-refractivity contribution in [2.24, 2.45) is 0 Å². The maximum atomic E-state index is 11.4. The van der Waals surface area contributed by atoms with Crippen LogP contribution in [0.15, 0.2) is 0 Å². The molecular formula is C10H21ClN2O2. The van der Waals surface area contributed by atoms with E-state index < -0.39 is 0 Å². The number of carbonyl (C=O) groups excluding carboxylic acids is 1. The number of unbranched alkanes of at least 4 members (excludes halogenated alkanes) is 2. The molecule has 1 saturated heterocycles. The summed E-state index contributed by atoms with van der Waals surface area (Å²) in [5, 5.41) is 3.20. The van der Waals surface area contributed by atoms with Gasteiger partial charge in [-0.05, 0) is 6.42 Å². The molecule has 0 aliphatic carbocycles. The minimum Gasteiger partial charge on any atom is -0.449 e. The van der Waals surface area contributed by atoms with E-state index in [4.69, 9.17) is 4.74 Å². The minimum atomic E-state index is -0.150. The second-order valence-electron chi connectivity index (χ2n) is 3.56. The van der Waals surface area contributed by atoms with Gasteiger partial charge in [0, 0.05) is 26.2 Å². The lowest BCUT2D eigenvalue weighted by atomic mass is 10.3. The third-order valence-electron chi connectivity index (χ3n) is 2.35. The van der Waals surface area contributed by atoms with E-state index in [1.54, 1.807) is 4.90 Å². The predicted octanol–water partition coefficient (Wildman–Crippen LogP) is 1.64. The van der Waals surface area contributed by atoms with E-state index in [0.717, 1.165) is 45.4 Å². The normalized spacial score (nSPS) is 15.7. The topological polar surface area (TPSA) is 41.6 Å². The fourth-order valence-electron chi connectivity index (χ4n) is 1.45. The average Bonchev–Trinajstić information content (AvgIpc) is 2.25. The van der Waals surface area contributed by atoms with Gasteiger partial charge in [0.25, 0.3) is 0 Å². The van der Waals surface area contributed by atoms with Gasteiger partial charge in [-0.15, -0.1) is 12.4 Å². The maximum Gasteiger partial charge on any atom is 0.409 e. The number of carbonyl (C=O) groups is 1. The number of rotatable bonds is 4. The van der Waals surface area contributed by atoms with E-state index in [-0.39, 0.29) is 18.5 Å². The van der Waals surface area contributed by atoms with Crippen molar-refractivity contribution >= 4 is 18.5 Å². The van der Waals surface area contributed by atoms with Crippen molar-refractivity contribution in [3.05, 3.63) is 0 Å².